The second-order valence-corrected chi connectivity index (χ2v) is 5.66. The van der Waals surface area contributed by atoms with E-state index >= 15 is 0 Å². The number of thiocarbonyl (C=S) groups is 1. The topological polar surface area (TPSA) is 33.3 Å². The molecule has 0 aliphatic heterocycles. The predicted octanol–water partition coefficient (Wildman–Crippen LogP) is 5.07. The molecule has 3 aromatic carbocycles. The Bertz CT molecular complexity index is 791. The molecule has 0 fully saturated rings. The minimum absolute atomic E-state index is 0.539. The second-order valence-electron chi connectivity index (χ2n) is 5.25. The fraction of sp³-hybridized carbons (Fsp3) is 0.0500. The van der Waals surface area contributed by atoms with Crippen molar-refractivity contribution >= 4 is 28.7 Å². The molecule has 0 atom stereocenters. The zero-order valence-corrected chi connectivity index (χ0v) is 13.9. The van der Waals surface area contributed by atoms with Gasteiger partial charge in [-0.15, -0.1) is 0 Å². The van der Waals surface area contributed by atoms with E-state index in [4.69, 9.17) is 17.0 Å². The van der Waals surface area contributed by atoms with Crippen LogP contribution in [0.25, 0.3) is 0 Å². The highest BCUT2D eigenvalue weighted by atomic mass is 32.1. The number of nitrogens with one attached hydrogen (secondary N) is 2. The number of hydrogen-bond acceptors (Lipinski definition) is 2. The molecule has 0 heterocycles. The molecule has 0 spiro atoms. The summed E-state index contributed by atoms with van der Waals surface area (Å²) in [5.74, 6) is 0.798. The summed E-state index contributed by atoms with van der Waals surface area (Å²) < 4.78 is 5.83. The predicted molar refractivity (Wildman–Crippen MR) is 104 cm³/mol. The first-order valence-corrected chi connectivity index (χ1v) is 8.10. The SMILES string of the molecule is S=C(Nc1ccccc1)Nc1cccc(OCc2ccccc2)c1. The van der Waals surface area contributed by atoms with Gasteiger partial charge in [-0.25, -0.2) is 0 Å². The van der Waals surface area contributed by atoms with Gasteiger partial charge in [0.1, 0.15) is 12.4 Å². The Morgan fingerprint density at radius 1 is 0.750 bits per heavy atom. The van der Waals surface area contributed by atoms with Crippen molar-refractivity contribution < 1.29 is 4.74 Å². The van der Waals surface area contributed by atoms with E-state index in [9.17, 15) is 0 Å². The Labute approximate surface area is 147 Å². The van der Waals surface area contributed by atoms with Crippen molar-refractivity contribution in [3.05, 3.63) is 90.5 Å². The van der Waals surface area contributed by atoms with Crippen molar-refractivity contribution in [3.63, 3.8) is 0 Å². The molecule has 0 aliphatic carbocycles. The molecular weight excluding hydrogens is 316 g/mol. The van der Waals surface area contributed by atoms with Crippen LogP contribution in [0.2, 0.25) is 0 Å². The van der Waals surface area contributed by atoms with Gasteiger partial charge in [0.05, 0.1) is 0 Å². The van der Waals surface area contributed by atoms with Gasteiger partial charge >= 0.3 is 0 Å². The van der Waals surface area contributed by atoms with Crippen LogP contribution in [0.5, 0.6) is 5.75 Å². The molecule has 0 radical (unpaired) electrons. The Hall–Kier alpha value is -2.85. The van der Waals surface area contributed by atoms with Gasteiger partial charge in [0, 0.05) is 17.4 Å². The van der Waals surface area contributed by atoms with Gasteiger partial charge in [-0.05, 0) is 42.0 Å². The lowest BCUT2D eigenvalue weighted by Gasteiger charge is -2.12. The summed E-state index contributed by atoms with van der Waals surface area (Å²) in [5.41, 5.74) is 2.97. The van der Waals surface area contributed by atoms with Crippen LogP contribution in [-0.4, -0.2) is 5.11 Å². The summed E-state index contributed by atoms with van der Waals surface area (Å²) in [6, 6.07) is 27.7. The summed E-state index contributed by atoms with van der Waals surface area (Å²) in [6.45, 7) is 0.539. The molecule has 0 aromatic heterocycles. The van der Waals surface area contributed by atoms with Crippen LogP contribution in [0, 0.1) is 0 Å². The van der Waals surface area contributed by atoms with Gasteiger partial charge < -0.3 is 15.4 Å². The van der Waals surface area contributed by atoms with Gasteiger partial charge in [0.2, 0.25) is 0 Å². The molecule has 0 saturated carbocycles. The minimum Gasteiger partial charge on any atom is -0.489 e. The van der Waals surface area contributed by atoms with Gasteiger partial charge in [-0.2, -0.15) is 0 Å². The van der Waals surface area contributed by atoms with E-state index < -0.39 is 0 Å². The smallest absolute Gasteiger partial charge is 0.175 e. The first kappa shape index (κ1) is 16.0. The second kappa shape index (κ2) is 8.13. The summed E-state index contributed by atoms with van der Waals surface area (Å²) in [4.78, 5) is 0. The Morgan fingerprint density at radius 3 is 2.12 bits per heavy atom. The zero-order valence-electron chi connectivity index (χ0n) is 13.1. The number of rotatable bonds is 5. The molecule has 0 unspecified atom stereocenters. The molecular formula is C20H18N2OS. The van der Waals surface area contributed by atoms with Crippen molar-refractivity contribution in [1.29, 1.82) is 0 Å². The normalized spacial score (nSPS) is 10.0. The number of ether oxygens (including phenoxy) is 1. The lowest BCUT2D eigenvalue weighted by Crippen LogP contribution is -2.18. The fourth-order valence-electron chi connectivity index (χ4n) is 2.22. The van der Waals surface area contributed by atoms with Crippen molar-refractivity contribution in [3.8, 4) is 5.75 Å². The first-order valence-electron chi connectivity index (χ1n) is 7.69. The van der Waals surface area contributed by atoms with Crippen LogP contribution in [0.3, 0.4) is 0 Å². The Kier molecular flexibility index (Phi) is 5.43. The molecule has 0 bridgehead atoms. The maximum atomic E-state index is 5.83. The van der Waals surface area contributed by atoms with Crippen LogP contribution in [0.1, 0.15) is 5.56 Å². The lowest BCUT2D eigenvalue weighted by molar-refractivity contribution is 0.306. The molecule has 3 nitrogen and oxygen atoms in total. The molecule has 2 N–H and O–H groups in total. The molecule has 0 amide bonds. The van der Waals surface area contributed by atoms with Crippen LogP contribution in [0.15, 0.2) is 84.9 Å². The third-order valence-electron chi connectivity index (χ3n) is 3.37. The van der Waals surface area contributed by atoms with Crippen LogP contribution < -0.4 is 15.4 Å². The standard InChI is InChI=1S/C20H18N2OS/c24-20(21-17-10-5-2-6-11-17)22-18-12-7-13-19(14-18)23-15-16-8-3-1-4-9-16/h1-14H,15H2,(H2,21,22,24). The van der Waals surface area contributed by atoms with Crippen molar-refractivity contribution in [2.24, 2.45) is 0 Å². The highest BCUT2D eigenvalue weighted by molar-refractivity contribution is 7.80. The molecule has 0 saturated heterocycles. The van der Waals surface area contributed by atoms with Gasteiger partial charge in [-0.1, -0.05) is 54.6 Å². The maximum absolute atomic E-state index is 5.83. The van der Waals surface area contributed by atoms with Crippen molar-refractivity contribution in [2.45, 2.75) is 6.61 Å². The molecule has 0 aliphatic rings. The zero-order chi connectivity index (χ0) is 16.6. The summed E-state index contributed by atoms with van der Waals surface area (Å²) in [6.07, 6.45) is 0. The van der Waals surface area contributed by atoms with E-state index in [0.717, 1.165) is 22.7 Å². The van der Waals surface area contributed by atoms with Gasteiger partial charge in [-0.3, -0.25) is 0 Å². The van der Waals surface area contributed by atoms with E-state index in [2.05, 4.69) is 10.6 Å². The van der Waals surface area contributed by atoms with E-state index in [-0.39, 0.29) is 0 Å². The highest BCUT2D eigenvalue weighted by Crippen LogP contribution is 2.19. The summed E-state index contributed by atoms with van der Waals surface area (Å²) >= 11 is 5.34. The van der Waals surface area contributed by atoms with E-state index in [1.54, 1.807) is 0 Å². The molecule has 24 heavy (non-hydrogen) atoms. The fourth-order valence-corrected chi connectivity index (χ4v) is 2.46. The van der Waals surface area contributed by atoms with Crippen molar-refractivity contribution in [2.75, 3.05) is 10.6 Å². The quantitative estimate of drug-likeness (QED) is 0.638. The van der Waals surface area contributed by atoms with Crippen molar-refractivity contribution in [1.82, 2.24) is 0 Å². The average Bonchev–Trinajstić information content (AvgIpc) is 2.62. The summed E-state index contributed by atoms with van der Waals surface area (Å²) in [5, 5.41) is 6.86. The van der Waals surface area contributed by atoms with Crippen LogP contribution in [-0.2, 0) is 6.61 Å². The monoisotopic (exact) mass is 334 g/mol. The van der Waals surface area contributed by atoms with Gasteiger partial charge in [0.25, 0.3) is 0 Å². The van der Waals surface area contributed by atoms with Crippen LogP contribution in [0.4, 0.5) is 11.4 Å². The third-order valence-corrected chi connectivity index (χ3v) is 3.58. The number of hydrogen-bond donors (Lipinski definition) is 2. The minimum atomic E-state index is 0.539. The molecule has 3 rings (SSSR count). The third kappa shape index (κ3) is 4.83. The number of benzene rings is 3. The highest BCUT2D eigenvalue weighted by Gasteiger charge is 2.01. The molecule has 3 aromatic rings. The Balaban J connectivity index is 1.57. The van der Waals surface area contributed by atoms with E-state index in [1.807, 2.05) is 84.9 Å². The van der Waals surface area contributed by atoms with Gasteiger partial charge in [0.15, 0.2) is 5.11 Å². The largest absolute Gasteiger partial charge is 0.489 e. The maximum Gasteiger partial charge on any atom is 0.175 e. The van der Waals surface area contributed by atoms with Crippen LogP contribution >= 0.6 is 12.2 Å². The number of anilines is 2. The number of para-hydroxylation sites is 1. The first-order chi connectivity index (χ1) is 11.8. The average molecular weight is 334 g/mol. The lowest BCUT2D eigenvalue weighted by atomic mass is 10.2. The van der Waals surface area contributed by atoms with E-state index in [0.29, 0.717) is 11.7 Å². The molecule has 120 valence electrons. The van der Waals surface area contributed by atoms with E-state index in [1.165, 1.54) is 0 Å². The summed E-state index contributed by atoms with van der Waals surface area (Å²) in [7, 11) is 0. The molecule has 4 heteroatoms. The Morgan fingerprint density at radius 2 is 1.38 bits per heavy atom.